The van der Waals surface area contributed by atoms with Gasteiger partial charge in [0.1, 0.15) is 11.2 Å². The molecule has 11 rings (SSSR count). The van der Waals surface area contributed by atoms with Crippen LogP contribution in [0.25, 0.3) is 43.9 Å². The molecule has 0 radical (unpaired) electrons. The maximum atomic E-state index is 6.80. The van der Waals surface area contributed by atoms with E-state index in [1.807, 2.05) is 12.1 Å². The van der Waals surface area contributed by atoms with Crippen LogP contribution in [-0.2, 0) is 10.8 Å². The average Bonchev–Trinajstić information content (AvgIpc) is 3.74. The van der Waals surface area contributed by atoms with Gasteiger partial charge in [0, 0.05) is 48.2 Å². The molecule has 0 saturated heterocycles. The van der Waals surface area contributed by atoms with Crippen LogP contribution in [0.1, 0.15) is 49.9 Å². The zero-order valence-corrected chi connectivity index (χ0v) is 31.5. The molecule has 0 amide bonds. The van der Waals surface area contributed by atoms with Crippen LogP contribution in [0.5, 0.6) is 0 Å². The third-order valence-corrected chi connectivity index (χ3v) is 12.3. The summed E-state index contributed by atoms with van der Waals surface area (Å²) < 4.78 is 14.6. The van der Waals surface area contributed by atoms with Gasteiger partial charge in [-0.3, -0.25) is 0 Å². The molecule has 0 atom stereocenters. The Morgan fingerprint density at radius 3 is 1.32 bits per heavy atom. The first kappa shape index (κ1) is 30.8. The van der Waals surface area contributed by atoms with Gasteiger partial charge in [0.2, 0.25) is 0 Å². The lowest BCUT2D eigenvalue weighted by Gasteiger charge is -2.43. The van der Waals surface area contributed by atoms with Crippen LogP contribution in [0.2, 0.25) is 0 Å². The Hall–Kier alpha value is -5.78. The van der Waals surface area contributed by atoms with Gasteiger partial charge in [-0.15, -0.1) is 0 Å². The summed E-state index contributed by atoms with van der Waals surface area (Å²) in [5, 5.41) is 4.47. The number of fused-ring (bicyclic) bond motifs is 12. The van der Waals surface area contributed by atoms with Gasteiger partial charge in [0.25, 0.3) is 0 Å². The third kappa shape index (κ3) is 4.11. The number of furan rings is 2. The summed E-state index contributed by atoms with van der Waals surface area (Å²) in [6.07, 6.45) is 0. The lowest BCUT2D eigenvalue weighted by Crippen LogP contribution is -2.31. The number of rotatable bonds is 2. The van der Waals surface area contributed by atoms with Gasteiger partial charge in [-0.1, -0.05) is 141 Å². The van der Waals surface area contributed by atoms with Gasteiger partial charge in [0.05, 0.1) is 22.7 Å². The number of nitrogens with zero attached hydrogens (tertiary/aromatic N) is 2. The molecular formula is C48H35BrN2O2. The Labute approximate surface area is 316 Å². The van der Waals surface area contributed by atoms with Crippen molar-refractivity contribution in [2.24, 2.45) is 0 Å². The number of benzene rings is 7. The quantitative estimate of drug-likeness (QED) is 0.176. The van der Waals surface area contributed by atoms with Crippen molar-refractivity contribution in [1.29, 1.82) is 0 Å². The topological polar surface area (TPSA) is 32.8 Å². The molecule has 0 unspecified atom stereocenters. The first-order chi connectivity index (χ1) is 25.7. The van der Waals surface area contributed by atoms with Crippen molar-refractivity contribution in [2.45, 2.75) is 38.5 Å². The summed E-state index contributed by atoms with van der Waals surface area (Å²) in [6.45, 7) is 9.30. The summed E-state index contributed by atoms with van der Waals surface area (Å²) in [5.41, 5.74) is 14.5. The normalized spacial score (nSPS) is 15.5. The molecule has 0 fully saturated rings. The van der Waals surface area contributed by atoms with Gasteiger partial charge >= 0.3 is 0 Å². The fourth-order valence-electron chi connectivity index (χ4n) is 9.28. The summed E-state index contributed by atoms with van der Waals surface area (Å²) in [4.78, 5) is 4.83. The van der Waals surface area contributed by atoms with E-state index in [-0.39, 0.29) is 10.8 Å². The molecule has 0 aliphatic carbocycles. The number of hydrogen-bond acceptors (Lipinski definition) is 4. The number of anilines is 6. The summed E-state index contributed by atoms with van der Waals surface area (Å²) >= 11 is 4.01. The van der Waals surface area contributed by atoms with Crippen LogP contribution in [0.15, 0.2) is 153 Å². The Balaban J connectivity index is 1.22. The average molecular weight is 752 g/mol. The van der Waals surface area contributed by atoms with Crippen molar-refractivity contribution in [3.63, 3.8) is 0 Å². The molecule has 0 saturated carbocycles. The number of halogens is 1. The van der Waals surface area contributed by atoms with E-state index in [0.717, 1.165) is 82.5 Å². The van der Waals surface area contributed by atoms with E-state index in [4.69, 9.17) is 8.83 Å². The zero-order chi connectivity index (χ0) is 35.8. The Morgan fingerprint density at radius 1 is 0.434 bits per heavy atom. The van der Waals surface area contributed by atoms with Crippen LogP contribution < -0.4 is 9.80 Å². The minimum Gasteiger partial charge on any atom is -0.454 e. The van der Waals surface area contributed by atoms with E-state index in [0.29, 0.717) is 0 Å². The van der Waals surface area contributed by atoms with Crippen molar-refractivity contribution in [1.82, 2.24) is 0 Å². The van der Waals surface area contributed by atoms with Crippen LogP contribution >= 0.6 is 15.9 Å². The maximum absolute atomic E-state index is 6.80. The molecule has 0 N–H and O–H groups in total. The van der Waals surface area contributed by atoms with Gasteiger partial charge in [-0.25, -0.2) is 0 Å². The highest BCUT2D eigenvalue weighted by Crippen LogP contribution is 2.58. The lowest BCUT2D eigenvalue weighted by atomic mass is 9.73. The molecular weight excluding hydrogens is 716 g/mol. The third-order valence-electron chi connectivity index (χ3n) is 11.9. The van der Waals surface area contributed by atoms with E-state index >= 15 is 0 Å². The van der Waals surface area contributed by atoms with Gasteiger partial charge in [0.15, 0.2) is 11.2 Å². The predicted octanol–water partition coefficient (Wildman–Crippen LogP) is 14.5. The number of para-hydroxylation sites is 4. The van der Waals surface area contributed by atoms with E-state index in [1.54, 1.807) is 0 Å². The summed E-state index contributed by atoms with van der Waals surface area (Å²) in [5.74, 6) is 0. The van der Waals surface area contributed by atoms with Gasteiger partial charge in [-0.05, 0) is 64.7 Å². The monoisotopic (exact) mass is 750 g/mol. The molecule has 256 valence electrons. The second-order valence-corrected chi connectivity index (χ2v) is 16.4. The molecule has 2 aliphatic rings. The van der Waals surface area contributed by atoms with Crippen molar-refractivity contribution < 1.29 is 8.83 Å². The van der Waals surface area contributed by atoms with Gasteiger partial charge < -0.3 is 18.6 Å². The Bertz CT molecular complexity index is 2800. The molecule has 7 aromatic carbocycles. The summed E-state index contributed by atoms with van der Waals surface area (Å²) in [7, 11) is 0. The minimum absolute atomic E-state index is 0.256. The SMILES string of the molecule is CC1(C)c2ccccc2N(c2cc(Br)cc(N3c4ccccc4C(C)(C)c4ccc5c(oc6ccccc65)c43)c2)c2c1ccc1c2oc2ccccc21. The molecule has 4 heterocycles. The lowest BCUT2D eigenvalue weighted by molar-refractivity contribution is 0.623. The fourth-order valence-corrected chi connectivity index (χ4v) is 9.75. The highest BCUT2D eigenvalue weighted by atomic mass is 79.9. The molecule has 0 bridgehead atoms. The molecule has 2 aromatic heterocycles. The first-order valence-corrected chi connectivity index (χ1v) is 19.0. The molecule has 9 aromatic rings. The standard InChI is InChI=1S/C48H35BrN2O2/c1-47(2)35-15-7-9-17-39(35)50(43-37(47)23-21-33-31-13-5-11-19-41(31)52-45(33)43)29-25-28(49)26-30(27-29)51-40-18-10-8-16-36(40)48(3,4)38-24-22-34-32-14-6-12-20-42(32)53-46(34)44(38)51/h5-27H,1-4H3. The zero-order valence-electron chi connectivity index (χ0n) is 29.9. The van der Waals surface area contributed by atoms with E-state index in [9.17, 15) is 0 Å². The van der Waals surface area contributed by atoms with Crippen molar-refractivity contribution in [2.75, 3.05) is 9.80 Å². The van der Waals surface area contributed by atoms with Crippen LogP contribution in [0.4, 0.5) is 34.1 Å². The minimum atomic E-state index is -0.256. The Kier molecular flexibility index (Phi) is 6.19. The van der Waals surface area contributed by atoms with E-state index in [2.05, 4.69) is 181 Å². The van der Waals surface area contributed by atoms with E-state index in [1.165, 1.54) is 22.3 Å². The molecule has 4 nitrogen and oxygen atoms in total. The second-order valence-electron chi connectivity index (χ2n) is 15.5. The molecule has 53 heavy (non-hydrogen) atoms. The molecule has 5 heteroatoms. The second kappa shape index (κ2) is 10.6. The smallest absolute Gasteiger partial charge is 0.159 e. The fraction of sp³-hybridized carbons (Fsp3) is 0.125. The van der Waals surface area contributed by atoms with E-state index < -0.39 is 0 Å². The van der Waals surface area contributed by atoms with Crippen molar-refractivity contribution >= 4 is 93.9 Å². The first-order valence-electron chi connectivity index (χ1n) is 18.2. The van der Waals surface area contributed by atoms with Crippen LogP contribution in [0.3, 0.4) is 0 Å². The van der Waals surface area contributed by atoms with Gasteiger partial charge in [-0.2, -0.15) is 0 Å². The summed E-state index contributed by atoms with van der Waals surface area (Å²) in [6, 6.07) is 50.2. The largest absolute Gasteiger partial charge is 0.454 e. The molecule has 0 spiro atoms. The van der Waals surface area contributed by atoms with Crippen LogP contribution in [0, 0.1) is 0 Å². The van der Waals surface area contributed by atoms with Crippen molar-refractivity contribution in [3.8, 4) is 0 Å². The predicted molar refractivity (Wildman–Crippen MR) is 222 cm³/mol. The maximum Gasteiger partial charge on any atom is 0.159 e. The number of hydrogen-bond donors (Lipinski definition) is 0. The highest BCUT2D eigenvalue weighted by Gasteiger charge is 2.41. The highest BCUT2D eigenvalue weighted by molar-refractivity contribution is 9.10. The van der Waals surface area contributed by atoms with Crippen LogP contribution in [-0.4, -0.2) is 0 Å². The van der Waals surface area contributed by atoms with Crippen molar-refractivity contribution in [3.05, 3.63) is 166 Å². The Morgan fingerprint density at radius 2 is 0.849 bits per heavy atom. The molecule has 2 aliphatic heterocycles.